The highest BCUT2D eigenvalue weighted by Crippen LogP contribution is 2.28. The summed E-state index contributed by atoms with van der Waals surface area (Å²) < 4.78 is 43.4. The normalized spacial score (nSPS) is 16.6. The van der Waals surface area contributed by atoms with Crippen LogP contribution >= 0.6 is 0 Å². The molecule has 0 bridgehead atoms. The number of nitrogens with zero attached hydrogens (tertiary/aromatic N) is 6. The molecule has 1 atom stereocenters. The predicted molar refractivity (Wildman–Crippen MR) is 104 cm³/mol. The van der Waals surface area contributed by atoms with Gasteiger partial charge in [-0.15, -0.1) is 10.2 Å². The van der Waals surface area contributed by atoms with Crippen LogP contribution in [0.4, 0.5) is 19.0 Å². The van der Waals surface area contributed by atoms with Crippen LogP contribution in [0.2, 0.25) is 0 Å². The van der Waals surface area contributed by atoms with Crippen LogP contribution in [0.1, 0.15) is 30.1 Å². The van der Waals surface area contributed by atoms with Crippen molar-refractivity contribution >= 4 is 5.82 Å². The number of alkyl halides is 3. The Bertz CT molecular complexity index is 979. The monoisotopic (exact) mass is 418 g/mol. The van der Waals surface area contributed by atoms with Crippen LogP contribution in [0.5, 0.6) is 0 Å². The van der Waals surface area contributed by atoms with Crippen LogP contribution < -0.4 is 4.90 Å². The van der Waals surface area contributed by atoms with Gasteiger partial charge in [-0.25, -0.2) is 0 Å². The molecule has 0 saturated carbocycles. The van der Waals surface area contributed by atoms with Crippen molar-refractivity contribution in [1.29, 1.82) is 0 Å². The molecule has 7 nitrogen and oxygen atoms in total. The molecule has 0 N–H and O–H groups in total. The fraction of sp³-hybridized carbons (Fsp3) is 0.400. The summed E-state index contributed by atoms with van der Waals surface area (Å²) in [6, 6.07) is 10.2. The molecule has 10 heteroatoms. The minimum absolute atomic E-state index is 0.0717. The van der Waals surface area contributed by atoms with Crippen LogP contribution in [0.15, 0.2) is 40.9 Å². The van der Waals surface area contributed by atoms with Gasteiger partial charge in [-0.3, -0.25) is 4.90 Å². The number of piperazine rings is 1. The van der Waals surface area contributed by atoms with Crippen LogP contribution in [0.3, 0.4) is 0 Å². The third-order valence-corrected chi connectivity index (χ3v) is 5.24. The van der Waals surface area contributed by atoms with E-state index in [1.807, 2.05) is 43.0 Å². The van der Waals surface area contributed by atoms with Crippen LogP contribution in [0, 0.1) is 6.92 Å². The van der Waals surface area contributed by atoms with Crippen molar-refractivity contribution in [2.45, 2.75) is 26.1 Å². The molecule has 3 aromatic rings. The van der Waals surface area contributed by atoms with Gasteiger partial charge >= 0.3 is 6.18 Å². The van der Waals surface area contributed by atoms with Gasteiger partial charge in [0.25, 0.3) is 0 Å². The first kappa shape index (κ1) is 20.3. The van der Waals surface area contributed by atoms with E-state index in [1.54, 1.807) is 0 Å². The first-order chi connectivity index (χ1) is 14.3. The molecule has 1 fully saturated rings. The quantitative estimate of drug-likeness (QED) is 0.639. The number of hydrogen-bond acceptors (Lipinski definition) is 7. The Kier molecular flexibility index (Phi) is 5.42. The van der Waals surface area contributed by atoms with E-state index in [2.05, 4.69) is 25.2 Å². The summed E-state index contributed by atoms with van der Waals surface area (Å²) in [6.45, 7) is 6.62. The number of rotatable bonds is 4. The lowest BCUT2D eigenvalue weighted by molar-refractivity contribution is -0.141. The predicted octanol–water partition coefficient (Wildman–Crippen LogP) is 3.74. The summed E-state index contributed by atoms with van der Waals surface area (Å²) in [6.07, 6.45) is -4.48. The van der Waals surface area contributed by atoms with Crippen molar-refractivity contribution in [2.75, 3.05) is 31.1 Å². The largest absolute Gasteiger partial charge is 0.435 e. The molecule has 1 aliphatic rings. The Labute approximate surface area is 171 Å². The Balaban J connectivity index is 1.37. The van der Waals surface area contributed by atoms with Gasteiger partial charge in [-0.05, 0) is 26.0 Å². The van der Waals surface area contributed by atoms with Crippen LogP contribution in [-0.2, 0) is 6.18 Å². The number of anilines is 1. The van der Waals surface area contributed by atoms with E-state index in [4.69, 9.17) is 4.52 Å². The molecule has 2 aromatic heterocycles. The summed E-state index contributed by atoms with van der Waals surface area (Å²) in [4.78, 5) is 8.65. The zero-order valence-corrected chi connectivity index (χ0v) is 16.6. The van der Waals surface area contributed by atoms with Crippen molar-refractivity contribution < 1.29 is 17.7 Å². The summed E-state index contributed by atoms with van der Waals surface area (Å²) in [5.41, 5.74) is 1.07. The smallest absolute Gasteiger partial charge is 0.353 e. The van der Waals surface area contributed by atoms with Crippen LogP contribution in [0.25, 0.3) is 11.4 Å². The molecule has 1 aromatic carbocycles. The second kappa shape index (κ2) is 8.02. The number of aryl methyl sites for hydroxylation is 1. The Morgan fingerprint density at radius 2 is 1.67 bits per heavy atom. The van der Waals surface area contributed by atoms with Crippen LogP contribution in [-0.4, -0.2) is 51.4 Å². The topological polar surface area (TPSA) is 71.2 Å². The lowest BCUT2D eigenvalue weighted by Crippen LogP contribution is -2.47. The fourth-order valence-corrected chi connectivity index (χ4v) is 3.36. The average molecular weight is 418 g/mol. The Hall–Kier alpha value is -3.01. The zero-order chi connectivity index (χ0) is 21.3. The lowest BCUT2D eigenvalue weighted by Gasteiger charge is -2.37. The molecule has 1 saturated heterocycles. The molecule has 1 unspecified atom stereocenters. The van der Waals surface area contributed by atoms with E-state index in [9.17, 15) is 13.2 Å². The zero-order valence-electron chi connectivity index (χ0n) is 16.6. The molecule has 0 amide bonds. The van der Waals surface area contributed by atoms with Gasteiger partial charge in [0.05, 0.1) is 6.04 Å². The maximum Gasteiger partial charge on any atom is 0.435 e. The Morgan fingerprint density at radius 3 is 2.27 bits per heavy atom. The molecule has 4 rings (SSSR count). The molecule has 1 aliphatic heterocycles. The summed E-state index contributed by atoms with van der Waals surface area (Å²) in [7, 11) is 0. The maximum atomic E-state index is 12.6. The molecule has 0 spiro atoms. The van der Waals surface area contributed by atoms with Crippen molar-refractivity contribution in [3.8, 4) is 11.4 Å². The molecular formula is C20H21F3N6O. The van der Waals surface area contributed by atoms with Gasteiger partial charge in [-0.2, -0.15) is 18.2 Å². The summed E-state index contributed by atoms with van der Waals surface area (Å²) in [5.74, 6) is 1.53. The minimum Gasteiger partial charge on any atom is -0.353 e. The van der Waals surface area contributed by atoms with Crippen molar-refractivity contribution in [3.05, 3.63) is 53.5 Å². The van der Waals surface area contributed by atoms with E-state index < -0.39 is 11.9 Å². The highest BCUT2D eigenvalue weighted by Gasteiger charge is 2.33. The van der Waals surface area contributed by atoms with Crippen molar-refractivity contribution in [2.24, 2.45) is 0 Å². The lowest BCUT2D eigenvalue weighted by atomic mass is 10.1. The fourth-order valence-electron chi connectivity index (χ4n) is 3.36. The molecule has 3 heterocycles. The van der Waals surface area contributed by atoms with Crippen molar-refractivity contribution in [3.63, 3.8) is 0 Å². The molecule has 0 radical (unpaired) electrons. The molecule has 0 aliphatic carbocycles. The Morgan fingerprint density at radius 1 is 0.967 bits per heavy atom. The third-order valence-electron chi connectivity index (χ3n) is 5.24. The van der Waals surface area contributed by atoms with Gasteiger partial charge in [0.2, 0.25) is 11.7 Å². The van der Waals surface area contributed by atoms with Gasteiger partial charge < -0.3 is 9.42 Å². The average Bonchev–Trinajstić information content (AvgIpc) is 3.24. The number of aromatic nitrogens is 4. The SMILES string of the molecule is Cc1ccc(-c2noc(C(C)N3CCN(c4ccc(C(F)(F)F)nn4)CC3)n2)cc1. The van der Waals surface area contributed by atoms with Gasteiger partial charge in [-0.1, -0.05) is 35.0 Å². The summed E-state index contributed by atoms with van der Waals surface area (Å²) in [5, 5.41) is 11.1. The summed E-state index contributed by atoms with van der Waals surface area (Å²) >= 11 is 0. The first-order valence-electron chi connectivity index (χ1n) is 9.62. The minimum atomic E-state index is -4.48. The number of hydrogen-bond donors (Lipinski definition) is 0. The number of benzene rings is 1. The van der Waals surface area contributed by atoms with E-state index in [0.717, 1.165) is 17.2 Å². The van der Waals surface area contributed by atoms with E-state index in [0.29, 0.717) is 43.7 Å². The third kappa shape index (κ3) is 4.28. The molecule has 30 heavy (non-hydrogen) atoms. The highest BCUT2D eigenvalue weighted by atomic mass is 19.4. The van der Waals surface area contributed by atoms with Gasteiger partial charge in [0.1, 0.15) is 0 Å². The maximum absolute atomic E-state index is 12.6. The standard InChI is InChI=1S/C20H21F3N6O/c1-13-3-5-15(6-4-13)18-24-19(30-27-18)14(2)28-9-11-29(12-10-28)17-8-7-16(25-26-17)20(21,22)23/h3-8,14H,9-12H2,1-2H3. The number of halogens is 3. The highest BCUT2D eigenvalue weighted by molar-refractivity contribution is 5.54. The van der Waals surface area contributed by atoms with Gasteiger partial charge in [0, 0.05) is 31.7 Å². The van der Waals surface area contributed by atoms with Crippen molar-refractivity contribution in [1.82, 2.24) is 25.2 Å². The second-order valence-corrected chi connectivity index (χ2v) is 7.30. The van der Waals surface area contributed by atoms with E-state index in [1.165, 1.54) is 6.07 Å². The van der Waals surface area contributed by atoms with Gasteiger partial charge in [0.15, 0.2) is 11.5 Å². The molecule has 158 valence electrons. The van der Waals surface area contributed by atoms with E-state index in [-0.39, 0.29) is 6.04 Å². The van der Waals surface area contributed by atoms with E-state index >= 15 is 0 Å². The first-order valence-corrected chi connectivity index (χ1v) is 9.62. The second-order valence-electron chi connectivity index (χ2n) is 7.30. The molecular weight excluding hydrogens is 397 g/mol.